The molecule has 0 heterocycles. The maximum atomic E-state index is 12.1. The summed E-state index contributed by atoms with van der Waals surface area (Å²) in [6.45, 7) is 2.88. The van der Waals surface area contributed by atoms with Gasteiger partial charge in [-0.2, -0.15) is 0 Å². The van der Waals surface area contributed by atoms with Crippen molar-refractivity contribution in [1.29, 1.82) is 0 Å². The lowest BCUT2D eigenvalue weighted by Gasteiger charge is -2.17. The van der Waals surface area contributed by atoms with Gasteiger partial charge in [0.2, 0.25) is 5.91 Å². The van der Waals surface area contributed by atoms with Crippen LogP contribution in [0.25, 0.3) is 0 Å². The zero-order valence-electron chi connectivity index (χ0n) is 16.8. The molecule has 0 radical (unpaired) electrons. The van der Waals surface area contributed by atoms with Crippen molar-refractivity contribution in [2.75, 3.05) is 18.5 Å². The van der Waals surface area contributed by atoms with Crippen LogP contribution in [0.2, 0.25) is 0 Å². The second-order valence-electron chi connectivity index (χ2n) is 6.37. The first-order valence-electron chi connectivity index (χ1n) is 9.43. The van der Waals surface area contributed by atoms with Crippen LogP contribution < -0.4 is 10.6 Å². The Balaban J connectivity index is 1.85. The molecule has 2 aromatic rings. The topological polar surface area (TPSA) is 111 Å². The first kappa shape index (κ1) is 22.6. The molecule has 8 nitrogen and oxygen atoms in total. The van der Waals surface area contributed by atoms with E-state index in [0.29, 0.717) is 11.3 Å². The van der Waals surface area contributed by atoms with Gasteiger partial charge in [0.25, 0.3) is 5.91 Å². The number of carbonyl (C=O) groups excluding carboxylic acids is 4. The van der Waals surface area contributed by atoms with Crippen LogP contribution in [0.3, 0.4) is 0 Å². The van der Waals surface area contributed by atoms with E-state index in [1.807, 2.05) is 6.07 Å². The van der Waals surface area contributed by atoms with E-state index in [4.69, 9.17) is 9.47 Å². The van der Waals surface area contributed by atoms with E-state index < -0.39 is 30.5 Å². The van der Waals surface area contributed by atoms with E-state index in [1.54, 1.807) is 43.3 Å². The molecule has 8 heteroatoms. The lowest BCUT2D eigenvalue weighted by molar-refractivity contribution is -0.148. The third kappa shape index (κ3) is 7.38. The number of hydrogen-bond acceptors (Lipinski definition) is 6. The average Bonchev–Trinajstić information content (AvgIpc) is 2.73. The second-order valence-corrected chi connectivity index (χ2v) is 6.37. The van der Waals surface area contributed by atoms with Gasteiger partial charge >= 0.3 is 11.9 Å². The molecule has 0 fully saturated rings. The number of esters is 2. The van der Waals surface area contributed by atoms with E-state index in [2.05, 4.69) is 10.6 Å². The third-order valence-electron chi connectivity index (χ3n) is 3.99. The number of hydrogen-bond donors (Lipinski definition) is 2. The monoisotopic (exact) mass is 412 g/mol. The fourth-order valence-electron chi connectivity index (χ4n) is 2.66. The predicted octanol–water partition coefficient (Wildman–Crippen LogP) is 2.61. The van der Waals surface area contributed by atoms with Crippen LogP contribution >= 0.6 is 0 Å². The molecule has 0 aliphatic heterocycles. The molecule has 0 aliphatic carbocycles. The number of benzene rings is 2. The Bertz CT molecular complexity index is 880. The Morgan fingerprint density at radius 3 is 2.20 bits per heavy atom. The predicted molar refractivity (Wildman–Crippen MR) is 110 cm³/mol. The first-order valence-corrected chi connectivity index (χ1v) is 9.43. The fraction of sp³-hybridized carbons (Fsp3) is 0.273. The van der Waals surface area contributed by atoms with Crippen LogP contribution in [-0.4, -0.2) is 37.0 Å². The van der Waals surface area contributed by atoms with Gasteiger partial charge in [0.1, 0.15) is 0 Å². The molecule has 2 N–H and O–H groups in total. The van der Waals surface area contributed by atoms with E-state index in [-0.39, 0.29) is 18.9 Å². The molecule has 2 aromatic carbocycles. The summed E-state index contributed by atoms with van der Waals surface area (Å²) < 4.78 is 9.92. The van der Waals surface area contributed by atoms with Crippen molar-refractivity contribution < 1.29 is 28.7 Å². The number of amides is 2. The summed E-state index contributed by atoms with van der Waals surface area (Å²) in [6.07, 6.45) is -0.106. The number of anilines is 1. The molecule has 0 bridgehead atoms. The van der Waals surface area contributed by atoms with Crippen LogP contribution in [0.4, 0.5) is 5.69 Å². The van der Waals surface area contributed by atoms with E-state index in [9.17, 15) is 19.2 Å². The number of ether oxygens (including phenoxy) is 2. The van der Waals surface area contributed by atoms with Gasteiger partial charge in [0.15, 0.2) is 6.61 Å². The molecule has 0 aliphatic rings. The Labute approximate surface area is 174 Å². The summed E-state index contributed by atoms with van der Waals surface area (Å²) in [5.41, 5.74) is 1.58. The minimum Gasteiger partial charge on any atom is -0.462 e. The quantitative estimate of drug-likeness (QED) is 0.613. The van der Waals surface area contributed by atoms with Crippen LogP contribution in [0.5, 0.6) is 0 Å². The van der Waals surface area contributed by atoms with Gasteiger partial charge in [-0.15, -0.1) is 0 Å². The molecule has 0 saturated carbocycles. The Hall–Kier alpha value is -3.68. The van der Waals surface area contributed by atoms with Crippen LogP contribution in [0.1, 0.15) is 42.2 Å². The van der Waals surface area contributed by atoms with Gasteiger partial charge in [-0.3, -0.25) is 14.4 Å². The average molecular weight is 412 g/mol. The zero-order chi connectivity index (χ0) is 21.9. The first-order chi connectivity index (χ1) is 14.4. The number of carbonyl (C=O) groups is 4. The summed E-state index contributed by atoms with van der Waals surface area (Å²) in [5.74, 6) is -1.87. The molecule has 2 amide bonds. The summed E-state index contributed by atoms with van der Waals surface area (Å²) in [6, 6.07) is 14.6. The highest BCUT2D eigenvalue weighted by molar-refractivity contribution is 5.94. The zero-order valence-corrected chi connectivity index (χ0v) is 16.8. The summed E-state index contributed by atoms with van der Waals surface area (Å²) in [4.78, 5) is 47.2. The molecule has 158 valence electrons. The highest BCUT2D eigenvalue weighted by Gasteiger charge is 2.18. The second kappa shape index (κ2) is 11.4. The van der Waals surface area contributed by atoms with E-state index in [0.717, 1.165) is 5.56 Å². The van der Waals surface area contributed by atoms with Gasteiger partial charge in [-0.1, -0.05) is 30.3 Å². The molecule has 2 rings (SSSR count). The lowest BCUT2D eigenvalue weighted by atomic mass is 10.0. The summed E-state index contributed by atoms with van der Waals surface area (Å²) in [5, 5.41) is 5.27. The minimum absolute atomic E-state index is 0.106. The van der Waals surface area contributed by atoms with E-state index >= 15 is 0 Å². The van der Waals surface area contributed by atoms with Crippen molar-refractivity contribution >= 4 is 29.4 Å². The number of nitrogens with one attached hydrogen (secondary N) is 2. The van der Waals surface area contributed by atoms with E-state index in [1.165, 1.54) is 19.1 Å². The maximum absolute atomic E-state index is 12.1. The molecule has 0 saturated heterocycles. The fourth-order valence-corrected chi connectivity index (χ4v) is 2.66. The van der Waals surface area contributed by atoms with Crippen molar-refractivity contribution in [1.82, 2.24) is 5.32 Å². The van der Waals surface area contributed by atoms with Gasteiger partial charge in [-0.25, -0.2) is 4.79 Å². The van der Waals surface area contributed by atoms with Gasteiger partial charge < -0.3 is 20.1 Å². The summed E-state index contributed by atoms with van der Waals surface area (Å²) in [7, 11) is 0. The highest BCUT2D eigenvalue weighted by Crippen LogP contribution is 2.17. The van der Waals surface area contributed by atoms with Gasteiger partial charge in [0, 0.05) is 12.6 Å². The Morgan fingerprint density at radius 2 is 1.60 bits per heavy atom. The molecule has 1 atom stereocenters. The maximum Gasteiger partial charge on any atom is 0.338 e. The van der Waals surface area contributed by atoms with Crippen molar-refractivity contribution in [3.63, 3.8) is 0 Å². The van der Waals surface area contributed by atoms with Crippen molar-refractivity contribution in [3.05, 3.63) is 65.7 Å². The standard InChI is InChI=1S/C22H24N2O6/c1-3-29-22(28)17-9-11-18(12-10-17)24-20(26)14-30-21(27)13-19(23-15(2)25)16-7-5-4-6-8-16/h4-12,19H,3,13-14H2,1-2H3,(H,23,25)(H,24,26)/t19-/m0/s1. The largest absolute Gasteiger partial charge is 0.462 e. The van der Waals surface area contributed by atoms with Crippen molar-refractivity contribution in [2.45, 2.75) is 26.3 Å². The third-order valence-corrected chi connectivity index (χ3v) is 3.99. The van der Waals surface area contributed by atoms with Crippen LogP contribution in [-0.2, 0) is 23.9 Å². The Kier molecular flexibility index (Phi) is 8.56. The number of rotatable bonds is 9. The Morgan fingerprint density at radius 1 is 0.933 bits per heavy atom. The van der Waals surface area contributed by atoms with Gasteiger partial charge in [0.05, 0.1) is 24.6 Å². The van der Waals surface area contributed by atoms with Crippen LogP contribution in [0.15, 0.2) is 54.6 Å². The molecular weight excluding hydrogens is 388 g/mol. The molecular formula is C22H24N2O6. The molecule has 0 aromatic heterocycles. The summed E-state index contributed by atoms with van der Waals surface area (Å²) >= 11 is 0. The normalized spacial score (nSPS) is 11.1. The van der Waals surface area contributed by atoms with Gasteiger partial charge in [-0.05, 0) is 36.8 Å². The highest BCUT2D eigenvalue weighted by atomic mass is 16.5. The SMILES string of the molecule is CCOC(=O)c1ccc(NC(=O)COC(=O)C[C@H](NC(C)=O)c2ccccc2)cc1. The lowest BCUT2D eigenvalue weighted by Crippen LogP contribution is -2.29. The molecule has 0 spiro atoms. The van der Waals surface area contributed by atoms with Crippen molar-refractivity contribution in [3.8, 4) is 0 Å². The molecule has 0 unspecified atom stereocenters. The minimum atomic E-state index is -0.620. The molecule has 30 heavy (non-hydrogen) atoms. The van der Waals surface area contributed by atoms with Crippen molar-refractivity contribution in [2.24, 2.45) is 0 Å². The van der Waals surface area contributed by atoms with Crippen LogP contribution in [0, 0.1) is 0 Å². The smallest absolute Gasteiger partial charge is 0.338 e.